The van der Waals surface area contributed by atoms with E-state index in [4.69, 9.17) is 4.74 Å². The fourth-order valence-electron chi connectivity index (χ4n) is 4.02. The molecule has 6 nitrogen and oxygen atoms in total. The van der Waals surface area contributed by atoms with Crippen LogP contribution in [0.15, 0.2) is 23.1 Å². The molecule has 0 aromatic heterocycles. The zero-order chi connectivity index (χ0) is 24.7. The van der Waals surface area contributed by atoms with Gasteiger partial charge in [0.25, 0.3) is 15.9 Å². The number of anilines is 2. The Morgan fingerprint density at radius 2 is 1.58 bits per heavy atom. The number of ether oxygens (including phenoxy) is 1. The van der Waals surface area contributed by atoms with Crippen molar-refractivity contribution >= 4 is 27.3 Å². The highest BCUT2D eigenvalue weighted by molar-refractivity contribution is 7.92. The SMILES string of the molecule is Cc1c(C)c(C)c(S(=O)(=O)Nc2ccc(NC(=O)[C@H]3CCCO3)cc2C(F)(F)F)c(C)c1C. The molecule has 1 aliphatic heterocycles. The third kappa shape index (κ3) is 5.01. The van der Waals surface area contributed by atoms with Crippen LogP contribution in [0, 0.1) is 34.6 Å². The van der Waals surface area contributed by atoms with Gasteiger partial charge < -0.3 is 10.1 Å². The van der Waals surface area contributed by atoms with Crippen LogP contribution < -0.4 is 10.0 Å². The quantitative estimate of drug-likeness (QED) is 0.614. The van der Waals surface area contributed by atoms with Gasteiger partial charge in [-0.2, -0.15) is 13.2 Å². The second-order valence-corrected chi connectivity index (χ2v) is 9.93. The van der Waals surface area contributed by atoms with Gasteiger partial charge in [-0.25, -0.2) is 8.42 Å². The van der Waals surface area contributed by atoms with Crippen LogP contribution in [0.1, 0.15) is 46.2 Å². The lowest BCUT2D eigenvalue weighted by Gasteiger charge is -2.21. The van der Waals surface area contributed by atoms with Gasteiger partial charge in [0.05, 0.1) is 16.1 Å². The molecule has 0 radical (unpaired) electrons. The van der Waals surface area contributed by atoms with E-state index in [1.165, 1.54) is 6.07 Å². The van der Waals surface area contributed by atoms with Gasteiger partial charge in [0.15, 0.2) is 0 Å². The molecule has 0 unspecified atom stereocenters. The van der Waals surface area contributed by atoms with Gasteiger partial charge in [-0.1, -0.05) is 0 Å². The standard InChI is InChI=1S/C23H27F3N2O4S/c1-12-13(2)15(4)21(16(5)14(12)3)33(30,31)28-19-9-8-17(11-18(19)23(24,25)26)27-22(29)20-7-6-10-32-20/h8-9,11,20,28H,6-7,10H2,1-5H3,(H,27,29)/t20-/m1/s1. The summed E-state index contributed by atoms with van der Waals surface area (Å²) in [5.41, 5.74) is 1.52. The van der Waals surface area contributed by atoms with Gasteiger partial charge >= 0.3 is 6.18 Å². The van der Waals surface area contributed by atoms with Gasteiger partial charge in [-0.05, 0) is 93.5 Å². The van der Waals surface area contributed by atoms with Crippen LogP contribution in [0.25, 0.3) is 0 Å². The molecule has 1 saturated heterocycles. The lowest BCUT2D eigenvalue weighted by Crippen LogP contribution is -2.27. The number of hydrogen-bond acceptors (Lipinski definition) is 4. The Hall–Kier alpha value is -2.59. The molecule has 0 saturated carbocycles. The minimum Gasteiger partial charge on any atom is -0.368 e. The summed E-state index contributed by atoms with van der Waals surface area (Å²) in [7, 11) is -4.33. The number of carbonyl (C=O) groups is 1. The minimum absolute atomic E-state index is 0.0352. The van der Waals surface area contributed by atoms with Crippen molar-refractivity contribution in [1.82, 2.24) is 0 Å². The van der Waals surface area contributed by atoms with Crippen molar-refractivity contribution in [1.29, 1.82) is 0 Å². The van der Waals surface area contributed by atoms with Gasteiger partial charge in [0.2, 0.25) is 0 Å². The molecule has 2 aromatic rings. The first kappa shape index (κ1) is 25.0. The van der Waals surface area contributed by atoms with Crippen molar-refractivity contribution < 1.29 is 31.1 Å². The number of amides is 1. The van der Waals surface area contributed by atoms with Crippen molar-refractivity contribution in [3.63, 3.8) is 0 Å². The molecule has 2 N–H and O–H groups in total. The van der Waals surface area contributed by atoms with E-state index >= 15 is 0 Å². The summed E-state index contributed by atoms with van der Waals surface area (Å²) in [6, 6.07) is 2.95. The molecule has 1 fully saturated rings. The molecule has 0 aliphatic carbocycles. The molecule has 33 heavy (non-hydrogen) atoms. The van der Waals surface area contributed by atoms with E-state index in [9.17, 15) is 26.4 Å². The van der Waals surface area contributed by atoms with E-state index in [1.807, 2.05) is 6.92 Å². The van der Waals surface area contributed by atoms with Crippen LogP contribution >= 0.6 is 0 Å². The van der Waals surface area contributed by atoms with Crippen molar-refractivity contribution in [3.05, 3.63) is 51.6 Å². The zero-order valence-corrected chi connectivity index (χ0v) is 19.9. The maximum absolute atomic E-state index is 13.8. The molecule has 1 atom stereocenters. The molecule has 1 amide bonds. The fraction of sp³-hybridized carbons (Fsp3) is 0.435. The predicted molar refractivity (Wildman–Crippen MR) is 120 cm³/mol. The van der Waals surface area contributed by atoms with Crippen molar-refractivity contribution in [3.8, 4) is 0 Å². The van der Waals surface area contributed by atoms with E-state index in [-0.39, 0.29) is 10.6 Å². The molecule has 2 aromatic carbocycles. The lowest BCUT2D eigenvalue weighted by molar-refractivity contribution is -0.137. The molecule has 3 rings (SSSR count). The number of rotatable bonds is 5. The number of alkyl halides is 3. The Labute approximate surface area is 191 Å². The Morgan fingerprint density at radius 1 is 1.00 bits per heavy atom. The first-order valence-corrected chi connectivity index (χ1v) is 12.0. The van der Waals surface area contributed by atoms with E-state index in [2.05, 4.69) is 10.0 Å². The highest BCUT2D eigenvalue weighted by Gasteiger charge is 2.36. The third-order valence-electron chi connectivity index (χ3n) is 6.26. The van der Waals surface area contributed by atoms with Crippen LogP contribution in [-0.4, -0.2) is 27.0 Å². The van der Waals surface area contributed by atoms with Crippen LogP contribution in [-0.2, 0) is 25.7 Å². The Balaban J connectivity index is 2.00. The van der Waals surface area contributed by atoms with Gasteiger partial charge in [0, 0.05) is 12.3 Å². The average Bonchev–Trinajstić information content (AvgIpc) is 3.26. The van der Waals surface area contributed by atoms with Crippen LogP contribution in [0.3, 0.4) is 0 Å². The van der Waals surface area contributed by atoms with Gasteiger partial charge in [-0.15, -0.1) is 0 Å². The van der Waals surface area contributed by atoms with Gasteiger partial charge in [0.1, 0.15) is 6.10 Å². The van der Waals surface area contributed by atoms with Crippen molar-refractivity contribution in [2.24, 2.45) is 0 Å². The molecular weight excluding hydrogens is 457 g/mol. The number of carbonyl (C=O) groups excluding carboxylic acids is 1. The Kier molecular flexibility index (Phi) is 6.82. The number of benzene rings is 2. The zero-order valence-electron chi connectivity index (χ0n) is 19.1. The highest BCUT2D eigenvalue weighted by Crippen LogP contribution is 2.38. The second-order valence-electron chi connectivity index (χ2n) is 8.31. The first-order chi connectivity index (χ1) is 15.2. The van der Waals surface area contributed by atoms with E-state index in [0.29, 0.717) is 30.6 Å². The number of halogens is 3. The van der Waals surface area contributed by atoms with Crippen LogP contribution in [0.2, 0.25) is 0 Å². The average molecular weight is 485 g/mol. The van der Waals surface area contributed by atoms with Gasteiger partial charge in [-0.3, -0.25) is 9.52 Å². The summed E-state index contributed by atoms with van der Waals surface area (Å²) in [6.07, 6.45) is -4.38. The smallest absolute Gasteiger partial charge is 0.368 e. The summed E-state index contributed by atoms with van der Waals surface area (Å²) in [6.45, 7) is 9.13. The van der Waals surface area contributed by atoms with E-state index in [1.54, 1.807) is 27.7 Å². The predicted octanol–water partition coefficient (Wildman–Crippen LogP) is 5.17. The summed E-state index contributed by atoms with van der Waals surface area (Å²) >= 11 is 0. The molecule has 10 heteroatoms. The van der Waals surface area contributed by atoms with Crippen molar-refractivity contribution in [2.45, 2.75) is 64.6 Å². The van der Waals surface area contributed by atoms with Crippen LogP contribution in [0.4, 0.5) is 24.5 Å². The number of hydrogen-bond donors (Lipinski definition) is 2. The number of sulfonamides is 1. The van der Waals surface area contributed by atoms with E-state index < -0.39 is 39.5 Å². The summed E-state index contributed by atoms with van der Waals surface area (Å²) in [4.78, 5) is 12.2. The topological polar surface area (TPSA) is 84.5 Å². The second kappa shape index (κ2) is 8.98. The molecule has 1 heterocycles. The minimum atomic E-state index is -4.86. The van der Waals surface area contributed by atoms with Crippen molar-refractivity contribution in [2.75, 3.05) is 16.6 Å². The fourth-order valence-corrected chi connectivity index (χ4v) is 5.70. The molecule has 0 spiro atoms. The normalized spacial score (nSPS) is 16.7. The Bertz CT molecular complexity index is 1170. The largest absolute Gasteiger partial charge is 0.418 e. The van der Waals surface area contributed by atoms with Crippen LogP contribution in [0.5, 0.6) is 0 Å². The maximum atomic E-state index is 13.8. The summed E-state index contributed by atoms with van der Waals surface area (Å²) < 4.78 is 75.2. The number of nitrogens with one attached hydrogen (secondary N) is 2. The molecule has 1 aliphatic rings. The molecule has 0 bridgehead atoms. The summed E-state index contributed by atoms with van der Waals surface area (Å²) in [5, 5.41) is 2.42. The monoisotopic (exact) mass is 484 g/mol. The highest BCUT2D eigenvalue weighted by atomic mass is 32.2. The summed E-state index contributed by atoms with van der Waals surface area (Å²) in [5.74, 6) is -0.536. The molecule has 180 valence electrons. The third-order valence-corrected chi connectivity index (χ3v) is 7.90. The molecular formula is C23H27F3N2O4S. The lowest BCUT2D eigenvalue weighted by atomic mass is 9.95. The Morgan fingerprint density at radius 3 is 2.09 bits per heavy atom. The maximum Gasteiger partial charge on any atom is 0.418 e. The van der Waals surface area contributed by atoms with E-state index in [0.717, 1.165) is 28.8 Å². The first-order valence-electron chi connectivity index (χ1n) is 10.5.